The van der Waals surface area contributed by atoms with Crippen LogP contribution < -0.4 is 14.8 Å². The lowest BCUT2D eigenvalue weighted by Crippen LogP contribution is -2.39. The third-order valence-electron chi connectivity index (χ3n) is 5.40. The summed E-state index contributed by atoms with van der Waals surface area (Å²) < 4.78 is 39.9. The lowest BCUT2D eigenvalue weighted by Gasteiger charge is -2.34. The van der Waals surface area contributed by atoms with E-state index in [-0.39, 0.29) is 4.90 Å². The Morgan fingerprint density at radius 1 is 1.13 bits per heavy atom. The summed E-state index contributed by atoms with van der Waals surface area (Å²) in [7, 11) is 1.98. The van der Waals surface area contributed by atoms with E-state index >= 15 is 0 Å². The van der Waals surface area contributed by atoms with E-state index in [1.807, 2.05) is 25.1 Å². The van der Waals surface area contributed by atoms with Gasteiger partial charge in [0.05, 0.1) is 16.6 Å². The lowest BCUT2D eigenvalue weighted by molar-refractivity contribution is 0.171. The van der Waals surface area contributed by atoms with Crippen LogP contribution in [0.3, 0.4) is 0 Å². The molecular weight excluding hydrogens is 418 g/mol. The average Bonchev–Trinajstić information content (AvgIpc) is 2.78. The van der Waals surface area contributed by atoms with Crippen LogP contribution in [-0.4, -0.2) is 68.5 Å². The number of rotatable bonds is 6. The maximum atomic E-state index is 13.6. The number of aromatic nitrogens is 2. The molecule has 9 nitrogen and oxygen atoms in total. The Kier molecular flexibility index (Phi) is 6.31. The summed E-state index contributed by atoms with van der Waals surface area (Å²) in [6.07, 6.45) is 2.41. The highest BCUT2D eigenvalue weighted by molar-refractivity contribution is 7.89. The Morgan fingerprint density at radius 2 is 1.90 bits per heavy atom. The second-order valence-electron chi connectivity index (χ2n) is 8.02. The first-order chi connectivity index (χ1) is 14.9. The van der Waals surface area contributed by atoms with E-state index in [0.29, 0.717) is 55.9 Å². The van der Waals surface area contributed by atoms with Gasteiger partial charge in [0.1, 0.15) is 24.9 Å². The van der Waals surface area contributed by atoms with Crippen molar-refractivity contribution in [3.05, 3.63) is 35.8 Å². The molecule has 1 aromatic heterocycles. The quantitative estimate of drug-likeness (QED) is 0.720. The first-order valence-electron chi connectivity index (χ1n) is 10.5. The summed E-state index contributed by atoms with van der Waals surface area (Å²) in [6, 6.07) is 6.27. The molecule has 1 saturated heterocycles. The first-order valence-corrected chi connectivity index (χ1v) is 11.9. The molecule has 0 unspecified atom stereocenters. The minimum Gasteiger partial charge on any atom is -0.486 e. The van der Waals surface area contributed by atoms with Crippen LogP contribution in [0.15, 0.2) is 29.2 Å². The van der Waals surface area contributed by atoms with E-state index in [9.17, 15) is 8.42 Å². The van der Waals surface area contributed by atoms with Crippen molar-refractivity contribution >= 4 is 15.8 Å². The van der Waals surface area contributed by atoms with Crippen LogP contribution in [0.5, 0.6) is 11.5 Å². The number of piperidine rings is 1. The van der Waals surface area contributed by atoms with Gasteiger partial charge in [0.25, 0.3) is 0 Å². The fourth-order valence-corrected chi connectivity index (χ4v) is 5.64. The summed E-state index contributed by atoms with van der Waals surface area (Å²) in [5, 5.41) is 3.07. The summed E-state index contributed by atoms with van der Waals surface area (Å²) in [4.78, 5) is 11.6. The number of nitrogens with one attached hydrogen (secondary N) is 1. The molecule has 10 heteroatoms. The summed E-state index contributed by atoms with van der Waals surface area (Å²) in [5.41, 5.74) is 0.849. The third-order valence-corrected chi connectivity index (χ3v) is 7.31. The van der Waals surface area contributed by atoms with Gasteiger partial charge < -0.3 is 19.7 Å². The molecule has 1 N–H and O–H groups in total. The van der Waals surface area contributed by atoms with E-state index in [0.717, 1.165) is 18.5 Å². The average molecular weight is 448 g/mol. The van der Waals surface area contributed by atoms with Gasteiger partial charge in [-0.2, -0.15) is 4.31 Å². The van der Waals surface area contributed by atoms with Crippen molar-refractivity contribution < 1.29 is 17.9 Å². The van der Waals surface area contributed by atoms with Crippen molar-refractivity contribution in [2.75, 3.05) is 46.2 Å². The predicted octanol–water partition coefficient (Wildman–Crippen LogP) is 2.27. The predicted molar refractivity (Wildman–Crippen MR) is 117 cm³/mol. The Balaban J connectivity index is 1.70. The molecule has 0 saturated carbocycles. The third kappa shape index (κ3) is 4.60. The molecule has 2 aromatic rings. The summed E-state index contributed by atoms with van der Waals surface area (Å²) in [6.45, 7) is 1.94. The molecule has 1 atom stereocenters. The highest BCUT2D eigenvalue weighted by Gasteiger charge is 2.37. The molecule has 0 bridgehead atoms. The SMILES string of the molecule is CNc1cc(CN(C)C)nc([C@H]2CCCCN2S(=O)(=O)c2ccc3c(c2)OCCO3)n1. The Morgan fingerprint density at radius 3 is 2.65 bits per heavy atom. The van der Waals surface area contributed by atoms with Crippen LogP contribution in [0.4, 0.5) is 5.82 Å². The van der Waals surface area contributed by atoms with Crippen LogP contribution in [0.2, 0.25) is 0 Å². The van der Waals surface area contributed by atoms with Crippen LogP contribution in [0.25, 0.3) is 0 Å². The van der Waals surface area contributed by atoms with Crippen molar-refractivity contribution in [3.63, 3.8) is 0 Å². The number of benzene rings is 1. The highest BCUT2D eigenvalue weighted by atomic mass is 32.2. The minimum absolute atomic E-state index is 0.196. The van der Waals surface area contributed by atoms with Gasteiger partial charge in [0.2, 0.25) is 10.0 Å². The molecule has 1 fully saturated rings. The summed E-state index contributed by atoms with van der Waals surface area (Å²) in [5.74, 6) is 2.25. The van der Waals surface area contributed by atoms with Gasteiger partial charge in [-0.15, -0.1) is 0 Å². The van der Waals surface area contributed by atoms with E-state index in [1.54, 1.807) is 25.2 Å². The van der Waals surface area contributed by atoms with Gasteiger partial charge in [-0.05, 0) is 39.1 Å². The molecule has 2 aliphatic heterocycles. The van der Waals surface area contributed by atoms with Crippen molar-refractivity contribution in [2.45, 2.75) is 36.7 Å². The van der Waals surface area contributed by atoms with E-state index < -0.39 is 16.1 Å². The topological polar surface area (TPSA) is 96.9 Å². The zero-order valence-corrected chi connectivity index (χ0v) is 19.0. The Bertz CT molecular complexity index is 1040. The monoisotopic (exact) mass is 447 g/mol. The molecule has 0 radical (unpaired) electrons. The van der Waals surface area contributed by atoms with Crippen LogP contribution >= 0.6 is 0 Å². The van der Waals surface area contributed by atoms with Gasteiger partial charge >= 0.3 is 0 Å². The smallest absolute Gasteiger partial charge is 0.243 e. The number of sulfonamides is 1. The number of nitrogens with zero attached hydrogens (tertiary/aromatic N) is 4. The number of hydrogen-bond acceptors (Lipinski definition) is 8. The number of anilines is 1. The summed E-state index contributed by atoms with van der Waals surface area (Å²) >= 11 is 0. The molecule has 0 spiro atoms. The standard InChI is InChI=1S/C21H29N5O4S/c1-22-20-12-15(14-25(2)3)23-21(24-20)17-6-4-5-9-26(17)31(27,28)16-7-8-18-19(13-16)30-11-10-29-18/h7-8,12-13,17H,4-6,9-11,14H2,1-3H3,(H,22,23,24)/t17-/m1/s1. The van der Waals surface area contributed by atoms with Crippen LogP contribution in [0.1, 0.15) is 36.8 Å². The highest BCUT2D eigenvalue weighted by Crippen LogP contribution is 2.38. The second-order valence-corrected chi connectivity index (χ2v) is 9.91. The molecule has 2 aliphatic rings. The van der Waals surface area contributed by atoms with Gasteiger partial charge in [0, 0.05) is 32.3 Å². The molecule has 168 valence electrons. The fraction of sp³-hybridized carbons (Fsp3) is 0.524. The van der Waals surface area contributed by atoms with Crippen LogP contribution in [0, 0.1) is 0 Å². The number of fused-ring (bicyclic) bond motifs is 1. The van der Waals surface area contributed by atoms with Crippen molar-refractivity contribution in [1.29, 1.82) is 0 Å². The van der Waals surface area contributed by atoms with Gasteiger partial charge in [-0.25, -0.2) is 18.4 Å². The van der Waals surface area contributed by atoms with Crippen molar-refractivity contribution in [2.24, 2.45) is 0 Å². The van der Waals surface area contributed by atoms with Gasteiger partial charge in [-0.3, -0.25) is 0 Å². The van der Waals surface area contributed by atoms with Gasteiger partial charge in [0.15, 0.2) is 11.5 Å². The first kappa shape index (κ1) is 21.8. The van der Waals surface area contributed by atoms with Crippen LogP contribution in [-0.2, 0) is 16.6 Å². The molecule has 0 aliphatic carbocycles. The van der Waals surface area contributed by atoms with Crippen molar-refractivity contribution in [3.8, 4) is 11.5 Å². The van der Waals surface area contributed by atoms with E-state index in [2.05, 4.69) is 10.3 Å². The largest absolute Gasteiger partial charge is 0.486 e. The maximum absolute atomic E-state index is 13.6. The number of ether oxygens (including phenoxy) is 2. The lowest BCUT2D eigenvalue weighted by atomic mass is 10.0. The molecule has 3 heterocycles. The number of hydrogen-bond donors (Lipinski definition) is 1. The second kappa shape index (κ2) is 8.97. The molecule has 0 amide bonds. The fourth-order valence-electron chi connectivity index (χ4n) is 3.97. The molecule has 31 heavy (non-hydrogen) atoms. The van der Waals surface area contributed by atoms with E-state index in [4.69, 9.17) is 14.5 Å². The van der Waals surface area contributed by atoms with E-state index in [1.165, 1.54) is 4.31 Å². The minimum atomic E-state index is -3.76. The molecular formula is C21H29N5O4S. The molecule has 4 rings (SSSR count). The Hall–Kier alpha value is -2.43. The van der Waals surface area contributed by atoms with Crippen molar-refractivity contribution in [1.82, 2.24) is 19.2 Å². The van der Waals surface area contributed by atoms with Gasteiger partial charge in [-0.1, -0.05) is 6.42 Å². The molecule has 1 aromatic carbocycles. The zero-order chi connectivity index (χ0) is 22.0. The Labute approximate surface area is 183 Å². The maximum Gasteiger partial charge on any atom is 0.243 e. The normalized spacial score (nSPS) is 19.4. The zero-order valence-electron chi connectivity index (χ0n) is 18.2.